The highest BCUT2D eigenvalue weighted by Gasteiger charge is 2.25. The van der Waals surface area contributed by atoms with Crippen molar-refractivity contribution in [1.82, 2.24) is 9.88 Å². The van der Waals surface area contributed by atoms with E-state index in [1.807, 2.05) is 25.7 Å². The van der Waals surface area contributed by atoms with E-state index in [1.54, 1.807) is 0 Å². The molecule has 3 heterocycles. The number of pyridine rings is 1. The van der Waals surface area contributed by atoms with Gasteiger partial charge in [-0.2, -0.15) is 0 Å². The summed E-state index contributed by atoms with van der Waals surface area (Å²) in [5.41, 5.74) is 1.89. The second kappa shape index (κ2) is 7.46. The fourth-order valence-electron chi connectivity index (χ4n) is 3.27. The standard InChI is InChI=1S/C20H29N3O2/c1-20(2,3)25-19(24)23-13-10-15(11-14-23)6-8-17-9-7-16-5-4-12-21-18(16)22-17/h6-9,15H,4-5,10-14H2,1-3H3,(H,21,22)/b8-6+. The van der Waals surface area contributed by atoms with Crippen LogP contribution in [0.4, 0.5) is 10.6 Å². The molecular formula is C20H29N3O2. The van der Waals surface area contributed by atoms with Gasteiger partial charge in [-0.15, -0.1) is 0 Å². The van der Waals surface area contributed by atoms with Crippen molar-refractivity contribution < 1.29 is 9.53 Å². The molecule has 0 unspecified atom stereocenters. The molecule has 3 rings (SSSR count). The smallest absolute Gasteiger partial charge is 0.410 e. The maximum atomic E-state index is 12.1. The zero-order chi connectivity index (χ0) is 17.9. The number of anilines is 1. The third kappa shape index (κ3) is 4.97. The van der Waals surface area contributed by atoms with E-state index in [4.69, 9.17) is 9.72 Å². The van der Waals surface area contributed by atoms with Crippen LogP contribution < -0.4 is 5.32 Å². The number of fused-ring (bicyclic) bond motifs is 1. The molecule has 0 atom stereocenters. The number of hydrogen-bond donors (Lipinski definition) is 1. The van der Waals surface area contributed by atoms with Gasteiger partial charge in [0.2, 0.25) is 0 Å². The van der Waals surface area contributed by atoms with Crippen LogP contribution in [-0.2, 0) is 11.2 Å². The Morgan fingerprint density at radius 1 is 1.32 bits per heavy atom. The van der Waals surface area contributed by atoms with Crippen molar-refractivity contribution in [3.8, 4) is 0 Å². The number of nitrogens with one attached hydrogen (secondary N) is 1. The molecule has 1 N–H and O–H groups in total. The van der Waals surface area contributed by atoms with Crippen molar-refractivity contribution in [2.24, 2.45) is 5.92 Å². The Labute approximate surface area is 150 Å². The molecular weight excluding hydrogens is 314 g/mol. The molecule has 136 valence electrons. The van der Waals surface area contributed by atoms with Gasteiger partial charge in [0, 0.05) is 19.6 Å². The first-order valence-electron chi connectivity index (χ1n) is 9.31. The summed E-state index contributed by atoms with van der Waals surface area (Å²) in [6.07, 6.45) is 8.40. The van der Waals surface area contributed by atoms with Gasteiger partial charge in [-0.05, 0) is 70.1 Å². The second-order valence-electron chi connectivity index (χ2n) is 7.94. The van der Waals surface area contributed by atoms with E-state index in [-0.39, 0.29) is 6.09 Å². The van der Waals surface area contributed by atoms with Crippen LogP contribution >= 0.6 is 0 Å². The molecule has 1 aromatic heterocycles. The van der Waals surface area contributed by atoms with E-state index in [2.05, 4.69) is 29.6 Å². The maximum absolute atomic E-state index is 12.1. The van der Waals surface area contributed by atoms with Crippen LogP contribution in [0.3, 0.4) is 0 Å². The minimum atomic E-state index is -0.431. The van der Waals surface area contributed by atoms with Gasteiger partial charge in [-0.3, -0.25) is 0 Å². The molecule has 1 fully saturated rings. The molecule has 5 nitrogen and oxygen atoms in total. The minimum Gasteiger partial charge on any atom is -0.444 e. The monoisotopic (exact) mass is 343 g/mol. The lowest BCUT2D eigenvalue weighted by Crippen LogP contribution is -2.41. The maximum Gasteiger partial charge on any atom is 0.410 e. The molecule has 0 radical (unpaired) electrons. The van der Waals surface area contributed by atoms with Gasteiger partial charge in [0.05, 0.1) is 5.69 Å². The number of nitrogens with zero attached hydrogens (tertiary/aromatic N) is 2. The molecule has 25 heavy (non-hydrogen) atoms. The fourth-order valence-corrected chi connectivity index (χ4v) is 3.27. The van der Waals surface area contributed by atoms with Gasteiger partial charge in [0.1, 0.15) is 11.4 Å². The van der Waals surface area contributed by atoms with Crippen molar-refractivity contribution in [3.05, 3.63) is 29.5 Å². The van der Waals surface area contributed by atoms with Gasteiger partial charge in [-0.1, -0.05) is 12.1 Å². The Morgan fingerprint density at radius 2 is 2.08 bits per heavy atom. The minimum absolute atomic E-state index is 0.197. The largest absolute Gasteiger partial charge is 0.444 e. The third-order valence-electron chi connectivity index (χ3n) is 4.65. The number of amides is 1. The molecule has 0 saturated carbocycles. The average Bonchev–Trinajstić information content (AvgIpc) is 2.59. The molecule has 0 bridgehead atoms. The number of hydrogen-bond acceptors (Lipinski definition) is 4. The summed E-state index contributed by atoms with van der Waals surface area (Å²) in [6, 6.07) is 4.28. The van der Waals surface area contributed by atoms with Crippen molar-refractivity contribution in [2.45, 2.75) is 52.1 Å². The van der Waals surface area contributed by atoms with Crippen molar-refractivity contribution >= 4 is 18.0 Å². The lowest BCUT2D eigenvalue weighted by molar-refractivity contribution is 0.0197. The summed E-state index contributed by atoms with van der Waals surface area (Å²) in [6.45, 7) is 8.23. The molecule has 1 aromatic rings. The van der Waals surface area contributed by atoms with Crippen molar-refractivity contribution in [2.75, 3.05) is 25.0 Å². The van der Waals surface area contributed by atoms with Crippen LogP contribution in [0.2, 0.25) is 0 Å². The fraction of sp³-hybridized carbons (Fsp3) is 0.600. The first kappa shape index (κ1) is 17.8. The molecule has 0 aliphatic carbocycles. The number of ether oxygens (including phenoxy) is 1. The lowest BCUT2D eigenvalue weighted by Gasteiger charge is -2.32. The van der Waals surface area contributed by atoms with Gasteiger partial charge in [0.15, 0.2) is 0 Å². The second-order valence-corrected chi connectivity index (χ2v) is 7.94. The summed E-state index contributed by atoms with van der Waals surface area (Å²) < 4.78 is 5.45. The van der Waals surface area contributed by atoms with E-state index in [0.717, 1.165) is 50.4 Å². The van der Waals surface area contributed by atoms with E-state index < -0.39 is 5.60 Å². The van der Waals surface area contributed by atoms with E-state index in [0.29, 0.717) is 5.92 Å². The third-order valence-corrected chi connectivity index (χ3v) is 4.65. The van der Waals surface area contributed by atoms with E-state index >= 15 is 0 Å². The highest BCUT2D eigenvalue weighted by Crippen LogP contribution is 2.23. The quantitative estimate of drug-likeness (QED) is 0.878. The van der Waals surface area contributed by atoms with Crippen LogP contribution in [0, 0.1) is 5.92 Å². The Bertz CT molecular complexity index is 641. The molecule has 2 aliphatic heterocycles. The number of aryl methyl sites for hydroxylation is 1. The molecule has 0 spiro atoms. The van der Waals surface area contributed by atoms with Gasteiger partial charge >= 0.3 is 6.09 Å². The van der Waals surface area contributed by atoms with Gasteiger partial charge < -0.3 is 15.0 Å². The number of rotatable bonds is 2. The Balaban J connectivity index is 1.52. The summed E-state index contributed by atoms with van der Waals surface area (Å²) in [5, 5.41) is 3.37. The Hall–Kier alpha value is -2.04. The predicted molar refractivity (Wildman–Crippen MR) is 101 cm³/mol. The van der Waals surface area contributed by atoms with Crippen LogP contribution in [0.15, 0.2) is 18.2 Å². The predicted octanol–water partition coefficient (Wildman–Crippen LogP) is 4.10. The van der Waals surface area contributed by atoms with Crippen LogP contribution in [0.5, 0.6) is 0 Å². The Morgan fingerprint density at radius 3 is 2.80 bits per heavy atom. The lowest BCUT2D eigenvalue weighted by atomic mass is 9.96. The number of likely N-dealkylation sites (tertiary alicyclic amines) is 1. The normalized spacial score (nSPS) is 18.8. The number of aromatic nitrogens is 1. The van der Waals surface area contributed by atoms with Crippen LogP contribution in [0.25, 0.3) is 6.08 Å². The van der Waals surface area contributed by atoms with E-state index in [9.17, 15) is 4.79 Å². The van der Waals surface area contributed by atoms with Gasteiger partial charge in [-0.25, -0.2) is 9.78 Å². The average molecular weight is 343 g/mol. The van der Waals surface area contributed by atoms with Crippen molar-refractivity contribution in [3.63, 3.8) is 0 Å². The summed E-state index contributed by atoms with van der Waals surface area (Å²) in [5.74, 6) is 1.53. The summed E-state index contributed by atoms with van der Waals surface area (Å²) in [7, 11) is 0. The molecule has 0 aromatic carbocycles. The van der Waals surface area contributed by atoms with E-state index in [1.165, 1.54) is 12.0 Å². The number of piperidine rings is 1. The zero-order valence-corrected chi connectivity index (χ0v) is 15.5. The summed E-state index contributed by atoms with van der Waals surface area (Å²) >= 11 is 0. The zero-order valence-electron chi connectivity index (χ0n) is 15.5. The number of carbonyl (C=O) groups is 1. The highest BCUT2D eigenvalue weighted by molar-refractivity contribution is 5.68. The first-order chi connectivity index (χ1) is 11.9. The van der Waals surface area contributed by atoms with Gasteiger partial charge in [0.25, 0.3) is 0 Å². The topological polar surface area (TPSA) is 54.5 Å². The number of carbonyl (C=O) groups excluding carboxylic acids is 1. The van der Waals surface area contributed by atoms with Crippen molar-refractivity contribution in [1.29, 1.82) is 0 Å². The highest BCUT2D eigenvalue weighted by atomic mass is 16.6. The van der Waals surface area contributed by atoms with Crippen LogP contribution in [0.1, 0.15) is 51.3 Å². The SMILES string of the molecule is CC(C)(C)OC(=O)N1CCC(/C=C/c2ccc3c(n2)NCCC3)CC1. The first-order valence-corrected chi connectivity index (χ1v) is 9.31. The molecule has 1 saturated heterocycles. The van der Waals surface area contributed by atoms with Crippen LogP contribution in [-0.4, -0.2) is 41.2 Å². The molecule has 2 aliphatic rings. The number of allylic oxidation sites excluding steroid dienone is 1. The summed E-state index contributed by atoms with van der Waals surface area (Å²) in [4.78, 5) is 18.6. The molecule has 5 heteroatoms. The Kier molecular flexibility index (Phi) is 5.30. The molecule has 1 amide bonds.